The number of nitrogens with zero attached hydrogens (tertiary/aromatic N) is 3. The molecule has 2 heterocycles. The van der Waals surface area contributed by atoms with Crippen LogP contribution in [0.15, 0.2) is 42.0 Å². The minimum Gasteiger partial charge on any atom is -0.364 e. The monoisotopic (exact) mass is 197 g/mol. The van der Waals surface area contributed by atoms with E-state index in [0.717, 1.165) is 21.6 Å². The first kappa shape index (κ1) is 8.11. The van der Waals surface area contributed by atoms with Crippen LogP contribution in [0.3, 0.4) is 0 Å². The fourth-order valence-electron chi connectivity index (χ4n) is 1.55. The molecule has 1 aliphatic rings. The Balaban J connectivity index is 2.58. The molecule has 1 aromatic heterocycles. The second-order valence-corrected chi connectivity index (χ2v) is 3.11. The lowest BCUT2D eigenvalue weighted by atomic mass is 10.2. The Morgan fingerprint density at radius 3 is 3.00 bits per heavy atom. The lowest BCUT2D eigenvalue weighted by Gasteiger charge is -1.95. The summed E-state index contributed by atoms with van der Waals surface area (Å²) in [6.07, 6.45) is 8.59. The maximum absolute atomic E-state index is 4.93. The minimum atomic E-state index is 0.771. The van der Waals surface area contributed by atoms with Crippen LogP contribution in [0.2, 0.25) is 0 Å². The molecule has 4 nitrogen and oxygen atoms in total. The van der Waals surface area contributed by atoms with Gasteiger partial charge >= 0.3 is 0 Å². The topological polar surface area (TPSA) is 47.4 Å². The smallest absolute Gasteiger partial charge is 0.122 e. The number of fused-ring (bicyclic) bond motifs is 3. The van der Waals surface area contributed by atoms with Crippen molar-refractivity contribution in [2.45, 2.75) is 0 Å². The molecule has 0 atom stereocenters. The molecule has 0 saturated carbocycles. The largest absolute Gasteiger partial charge is 0.364 e. The predicted molar refractivity (Wildman–Crippen MR) is 55.0 cm³/mol. The van der Waals surface area contributed by atoms with Gasteiger partial charge in [0.05, 0.1) is 11.0 Å². The summed E-state index contributed by atoms with van der Waals surface area (Å²) in [4.78, 5) is 13.5. The highest BCUT2D eigenvalue weighted by molar-refractivity contribution is 5.75. The first-order valence-electron chi connectivity index (χ1n) is 4.55. The number of hydrogen-bond donors (Lipinski definition) is 0. The van der Waals surface area contributed by atoms with Crippen molar-refractivity contribution in [2.24, 2.45) is 5.16 Å². The van der Waals surface area contributed by atoms with Gasteiger partial charge in [-0.25, -0.2) is 0 Å². The highest BCUT2D eigenvalue weighted by Crippen LogP contribution is 1.99. The van der Waals surface area contributed by atoms with Gasteiger partial charge < -0.3 is 4.84 Å². The number of aromatic nitrogens is 2. The maximum Gasteiger partial charge on any atom is 0.122 e. The van der Waals surface area contributed by atoms with Crippen molar-refractivity contribution in [2.75, 3.05) is 0 Å². The lowest BCUT2D eigenvalue weighted by Crippen LogP contribution is -2.25. The van der Waals surface area contributed by atoms with Crippen molar-refractivity contribution in [1.29, 1.82) is 0 Å². The number of hydrogen-bond acceptors (Lipinski definition) is 4. The summed E-state index contributed by atoms with van der Waals surface area (Å²) in [5.74, 6) is 0. The molecule has 4 heteroatoms. The van der Waals surface area contributed by atoms with Crippen molar-refractivity contribution < 1.29 is 4.84 Å². The van der Waals surface area contributed by atoms with Gasteiger partial charge in [0, 0.05) is 17.6 Å². The molecular weight excluding hydrogens is 190 g/mol. The number of rotatable bonds is 0. The van der Waals surface area contributed by atoms with Crippen LogP contribution >= 0.6 is 0 Å². The average molecular weight is 197 g/mol. The molecule has 1 aliphatic heterocycles. The van der Waals surface area contributed by atoms with E-state index in [1.54, 1.807) is 18.5 Å². The zero-order valence-electron chi connectivity index (χ0n) is 7.79. The van der Waals surface area contributed by atoms with Gasteiger partial charge in [0.15, 0.2) is 0 Å². The van der Waals surface area contributed by atoms with E-state index < -0.39 is 0 Å². The average Bonchev–Trinajstić information content (AvgIpc) is 2.54. The minimum absolute atomic E-state index is 0.771. The second-order valence-electron chi connectivity index (χ2n) is 3.11. The quantitative estimate of drug-likeness (QED) is 0.617. The summed E-state index contributed by atoms with van der Waals surface area (Å²) in [6.45, 7) is 0. The Bertz CT molecular complexity index is 661. The van der Waals surface area contributed by atoms with E-state index in [9.17, 15) is 0 Å². The molecule has 0 radical (unpaired) electrons. The molecule has 15 heavy (non-hydrogen) atoms. The molecular formula is C11H7N3O. The second kappa shape index (κ2) is 3.16. The summed E-state index contributed by atoms with van der Waals surface area (Å²) in [5, 5.41) is 5.66. The third-order valence-corrected chi connectivity index (χ3v) is 2.21. The van der Waals surface area contributed by atoms with E-state index in [1.165, 1.54) is 6.26 Å². The van der Waals surface area contributed by atoms with Crippen LogP contribution in [-0.4, -0.2) is 9.97 Å². The Labute approximate surface area is 85.2 Å². The standard InChI is InChI=1S/C11H7N3O/c1-2-8-9(14-15-7-1)3-4-10-11(8)13-6-5-12-10/h1-7H. The lowest BCUT2D eigenvalue weighted by molar-refractivity contribution is 0.254. The highest BCUT2D eigenvalue weighted by Gasteiger charge is 1.99. The van der Waals surface area contributed by atoms with Gasteiger partial charge in [0.2, 0.25) is 0 Å². The normalized spacial score (nSPS) is 13.3. The SMILES string of the molecule is C1=CON=c2ccc3nccnc3c2=C1. The third-order valence-electron chi connectivity index (χ3n) is 2.21. The van der Waals surface area contributed by atoms with E-state index in [1.807, 2.05) is 18.2 Å². The summed E-state index contributed by atoms with van der Waals surface area (Å²) in [5.41, 5.74) is 1.70. The first-order chi connectivity index (χ1) is 7.45. The van der Waals surface area contributed by atoms with Crippen LogP contribution in [0.5, 0.6) is 0 Å². The Kier molecular flexibility index (Phi) is 1.71. The predicted octanol–water partition coefficient (Wildman–Crippen LogP) is 0.489. The van der Waals surface area contributed by atoms with Crippen molar-refractivity contribution in [3.05, 3.63) is 47.4 Å². The summed E-state index contributed by atoms with van der Waals surface area (Å²) >= 11 is 0. The van der Waals surface area contributed by atoms with Crippen LogP contribution in [0.1, 0.15) is 0 Å². The van der Waals surface area contributed by atoms with E-state index in [2.05, 4.69) is 15.1 Å². The van der Waals surface area contributed by atoms with Crippen LogP contribution in [-0.2, 0) is 4.84 Å². The van der Waals surface area contributed by atoms with Gasteiger partial charge in [-0.2, -0.15) is 0 Å². The number of allylic oxidation sites excluding steroid dienone is 1. The molecule has 0 unspecified atom stereocenters. The molecule has 0 saturated heterocycles. The third kappa shape index (κ3) is 1.27. The summed E-state index contributed by atoms with van der Waals surface area (Å²) in [6, 6.07) is 3.75. The van der Waals surface area contributed by atoms with Crippen LogP contribution in [0.4, 0.5) is 0 Å². The molecule has 0 bridgehead atoms. The molecule has 1 aromatic carbocycles. The van der Waals surface area contributed by atoms with Crippen molar-refractivity contribution in [3.8, 4) is 0 Å². The van der Waals surface area contributed by atoms with E-state index in [-0.39, 0.29) is 0 Å². The molecule has 0 amide bonds. The fourth-order valence-corrected chi connectivity index (χ4v) is 1.55. The van der Waals surface area contributed by atoms with Gasteiger partial charge in [0.25, 0.3) is 0 Å². The Morgan fingerprint density at radius 2 is 2.00 bits per heavy atom. The van der Waals surface area contributed by atoms with Gasteiger partial charge in [-0.3, -0.25) is 9.97 Å². The van der Waals surface area contributed by atoms with Gasteiger partial charge in [0.1, 0.15) is 11.6 Å². The maximum atomic E-state index is 4.93. The number of benzene rings is 1. The van der Waals surface area contributed by atoms with Crippen LogP contribution in [0.25, 0.3) is 17.1 Å². The summed E-state index contributed by atoms with van der Waals surface area (Å²) < 4.78 is 0. The molecule has 0 spiro atoms. The zero-order chi connectivity index (χ0) is 10.1. The van der Waals surface area contributed by atoms with Gasteiger partial charge in [-0.15, -0.1) is 0 Å². The molecule has 0 aliphatic carbocycles. The van der Waals surface area contributed by atoms with E-state index >= 15 is 0 Å². The molecule has 72 valence electrons. The zero-order valence-corrected chi connectivity index (χ0v) is 7.79. The van der Waals surface area contributed by atoms with Crippen molar-refractivity contribution in [1.82, 2.24) is 9.97 Å². The first-order valence-corrected chi connectivity index (χ1v) is 4.55. The Morgan fingerprint density at radius 1 is 1.07 bits per heavy atom. The van der Waals surface area contributed by atoms with Gasteiger partial charge in [-0.1, -0.05) is 5.16 Å². The van der Waals surface area contributed by atoms with Crippen LogP contribution < -0.4 is 10.6 Å². The van der Waals surface area contributed by atoms with E-state index in [0.29, 0.717) is 0 Å². The highest BCUT2D eigenvalue weighted by atomic mass is 16.6. The van der Waals surface area contributed by atoms with Crippen molar-refractivity contribution >= 4 is 17.1 Å². The fraction of sp³-hybridized carbons (Fsp3) is 0. The van der Waals surface area contributed by atoms with Crippen molar-refractivity contribution in [3.63, 3.8) is 0 Å². The van der Waals surface area contributed by atoms with Crippen LogP contribution in [0, 0.1) is 0 Å². The summed E-state index contributed by atoms with van der Waals surface area (Å²) in [7, 11) is 0. The van der Waals surface area contributed by atoms with Gasteiger partial charge in [-0.05, 0) is 24.3 Å². The molecule has 3 rings (SSSR count). The molecule has 2 aromatic rings. The molecule has 0 fully saturated rings. The molecule has 0 N–H and O–H groups in total. The Hall–Kier alpha value is -2.23. The van der Waals surface area contributed by atoms with E-state index in [4.69, 9.17) is 4.84 Å².